The van der Waals surface area contributed by atoms with Gasteiger partial charge in [-0.3, -0.25) is 15.0 Å². The van der Waals surface area contributed by atoms with E-state index in [0.29, 0.717) is 11.8 Å². The van der Waals surface area contributed by atoms with Crippen molar-refractivity contribution in [2.45, 2.75) is 6.42 Å². The SMILES string of the molecule is O=C(Nc1ccc(F)cc1F)C1=CCC(=O)N(c2ccccc2)N1. The lowest BCUT2D eigenvalue weighted by molar-refractivity contribution is -0.119. The van der Waals surface area contributed by atoms with Gasteiger partial charge in [0.05, 0.1) is 11.4 Å². The molecule has 5 nitrogen and oxygen atoms in total. The van der Waals surface area contributed by atoms with Crippen LogP contribution in [0.25, 0.3) is 0 Å². The van der Waals surface area contributed by atoms with Gasteiger partial charge in [0.2, 0.25) is 5.91 Å². The second kappa shape index (κ2) is 6.49. The van der Waals surface area contributed by atoms with Crippen LogP contribution in [0, 0.1) is 11.6 Å². The Morgan fingerprint density at radius 2 is 1.88 bits per heavy atom. The van der Waals surface area contributed by atoms with Crippen molar-refractivity contribution in [3.8, 4) is 0 Å². The summed E-state index contributed by atoms with van der Waals surface area (Å²) in [6.07, 6.45) is 1.44. The van der Waals surface area contributed by atoms with Gasteiger partial charge in [-0.05, 0) is 30.3 Å². The third kappa shape index (κ3) is 3.24. The predicted molar refractivity (Wildman–Crippen MR) is 84.8 cm³/mol. The highest BCUT2D eigenvalue weighted by molar-refractivity contribution is 6.06. The van der Waals surface area contributed by atoms with Crippen LogP contribution in [0.15, 0.2) is 60.3 Å². The Balaban J connectivity index is 1.77. The Bertz CT molecular complexity index is 822. The highest BCUT2D eigenvalue weighted by Gasteiger charge is 2.24. The maximum Gasteiger partial charge on any atom is 0.273 e. The lowest BCUT2D eigenvalue weighted by Crippen LogP contribution is -2.47. The van der Waals surface area contributed by atoms with Gasteiger partial charge in [0.25, 0.3) is 5.91 Å². The Morgan fingerprint density at radius 1 is 1.12 bits per heavy atom. The lowest BCUT2D eigenvalue weighted by Gasteiger charge is -2.28. The predicted octanol–water partition coefficient (Wildman–Crippen LogP) is 2.73. The number of hydrazine groups is 1. The Kier molecular flexibility index (Phi) is 4.24. The Hall–Kier alpha value is -3.22. The molecule has 1 aliphatic rings. The van der Waals surface area contributed by atoms with Crippen LogP contribution in [0.2, 0.25) is 0 Å². The lowest BCUT2D eigenvalue weighted by atomic mass is 10.2. The molecule has 0 aliphatic carbocycles. The first kappa shape index (κ1) is 15.7. The zero-order chi connectivity index (χ0) is 17.1. The van der Waals surface area contributed by atoms with Gasteiger partial charge < -0.3 is 5.32 Å². The number of nitrogens with zero attached hydrogens (tertiary/aromatic N) is 1. The third-order valence-electron chi connectivity index (χ3n) is 3.40. The maximum absolute atomic E-state index is 13.6. The van der Waals surface area contributed by atoms with E-state index < -0.39 is 17.5 Å². The molecule has 1 heterocycles. The molecule has 0 fully saturated rings. The number of carbonyl (C=O) groups is 2. The number of halogens is 2. The zero-order valence-corrected chi connectivity index (χ0v) is 12.4. The summed E-state index contributed by atoms with van der Waals surface area (Å²) < 4.78 is 26.5. The van der Waals surface area contributed by atoms with E-state index in [1.807, 2.05) is 0 Å². The van der Waals surface area contributed by atoms with Gasteiger partial charge in [-0.15, -0.1) is 0 Å². The summed E-state index contributed by atoms with van der Waals surface area (Å²) in [5, 5.41) is 3.59. The summed E-state index contributed by atoms with van der Waals surface area (Å²) in [6.45, 7) is 0. The highest BCUT2D eigenvalue weighted by atomic mass is 19.1. The van der Waals surface area contributed by atoms with E-state index in [2.05, 4.69) is 10.7 Å². The number of rotatable bonds is 3. The van der Waals surface area contributed by atoms with Gasteiger partial charge in [-0.25, -0.2) is 13.8 Å². The van der Waals surface area contributed by atoms with Gasteiger partial charge in [0.1, 0.15) is 17.3 Å². The fourth-order valence-electron chi connectivity index (χ4n) is 2.22. The second-order valence-corrected chi connectivity index (χ2v) is 5.08. The highest BCUT2D eigenvalue weighted by Crippen LogP contribution is 2.19. The summed E-state index contributed by atoms with van der Waals surface area (Å²) in [6, 6.07) is 11.6. The van der Waals surface area contributed by atoms with Crippen molar-refractivity contribution in [3.63, 3.8) is 0 Å². The van der Waals surface area contributed by atoms with Crippen molar-refractivity contribution in [3.05, 3.63) is 71.9 Å². The minimum absolute atomic E-state index is 0.0244. The van der Waals surface area contributed by atoms with Gasteiger partial charge in [0.15, 0.2) is 0 Å². The molecule has 0 saturated carbocycles. The molecule has 2 N–H and O–H groups in total. The zero-order valence-electron chi connectivity index (χ0n) is 12.4. The van der Waals surface area contributed by atoms with Crippen LogP contribution < -0.4 is 15.8 Å². The van der Waals surface area contributed by atoms with E-state index >= 15 is 0 Å². The molecule has 2 aromatic rings. The number of amides is 2. The minimum Gasteiger partial charge on any atom is -0.318 e. The fourth-order valence-corrected chi connectivity index (χ4v) is 2.22. The first-order valence-electron chi connectivity index (χ1n) is 7.16. The first-order valence-corrected chi connectivity index (χ1v) is 7.16. The van der Waals surface area contributed by atoms with Crippen LogP contribution in [0.5, 0.6) is 0 Å². The molecule has 0 atom stereocenters. The van der Waals surface area contributed by atoms with Crippen LogP contribution in [0.1, 0.15) is 6.42 Å². The molecule has 0 aromatic heterocycles. The average molecular weight is 329 g/mol. The van der Waals surface area contributed by atoms with Crippen molar-refractivity contribution >= 4 is 23.2 Å². The summed E-state index contributed by atoms with van der Waals surface area (Å²) in [5.74, 6) is -2.48. The molecule has 24 heavy (non-hydrogen) atoms. The molecule has 0 unspecified atom stereocenters. The van der Waals surface area contributed by atoms with Crippen molar-refractivity contribution in [2.75, 3.05) is 10.3 Å². The van der Waals surface area contributed by atoms with Crippen LogP contribution in [0.3, 0.4) is 0 Å². The molecule has 0 spiro atoms. The standard InChI is InChI=1S/C17H13F2N3O2/c18-11-6-7-14(13(19)10-11)20-17(24)15-8-9-16(23)22(21-15)12-4-2-1-3-5-12/h1-8,10,21H,9H2,(H,20,24). The molecular formula is C17H13F2N3O2. The van der Waals surface area contributed by atoms with Crippen LogP contribution in [-0.4, -0.2) is 11.8 Å². The van der Waals surface area contributed by atoms with Gasteiger partial charge in [0, 0.05) is 12.5 Å². The molecule has 1 aliphatic heterocycles. The largest absolute Gasteiger partial charge is 0.318 e. The van der Waals surface area contributed by atoms with E-state index in [-0.39, 0.29) is 23.7 Å². The number of hydrogen-bond donors (Lipinski definition) is 2. The number of benzene rings is 2. The normalized spacial score (nSPS) is 14.0. The van der Waals surface area contributed by atoms with Crippen molar-refractivity contribution in [2.24, 2.45) is 0 Å². The van der Waals surface area contributed by atoms with E-state index in [4.69, 9.17) is 0 Å². The number of para-hydroxylation sites is 1. The van der Waals surface area contributed by atoms with E-state index in [1.54, 1.807) is 30.3 Å². The monoisotopic (exact) mass is 329 g/mol. The van der Waals surface area contributed by atoms with E-state index in [0.717, 1.165) is 12.1 Å². The maximum atomic E-state index is 13.6. The molecule has 0 saturated heterocycles. The molecule has 2 amide bonds. The summed E-state index contributed by atoms with van der Waals surface area (Å²) in [5.41, 5.74) is 3.24. The Labute approximate surface area is 136 Å². The minimum atomic E-state index is -0.879. The number of anilines is 2. The molecule has 7 heteroatoms. The summed E-state index contributed by atoms with van der Waals surface area (Å²) >= 11 is 0. The van der Waals surface area contributed by atoms with Crippen LogP contribution in [0.4, 0.5) is 20.2 Å². The van der Waals surface area contributed by atoms with E-state index in [1.165, 1.54) is 11.1 Å². The molecule has 0 bridgehead atoms. The van der Waals surface area contributed by atoms with Gasteiger partial charge >= 0.3 is 0 Å². The number of hydrogen-bond acceptors (Lipinski definition) is 3. The second-order valence-electron chi connectivity index (χ2n) is 5.08. The molecule has 3 rings (SSSR count). The molecule has 122 valence electrons. The quantitative estimate of drug-likeness (QED) is 0.910. The van der Waals surface area contributed by atoms with Crippen molar-refractivity contribution in [1.29, 1.82) is 0 Å². The van der Waals surface area contributed by atoms with Crippen LogP contribution in [-0.2, 0) is 9.59 Å². The average Bonchev–Trinajstić information content (AvgIpc) is 2.58. The molecule has 2 aromatic carbocycles. The molecular weight excluding hydrogens is 316 g/mol. The summed E-state index contributed by atoms with van der Waals surface area (Å²) in [4.78, 5) is 24.2. The summed E-state index contributed by atoms with van der Waals surface area (Å²) in [7, 11) is 0. The van der Waals surface area contributed by atoms with E-state index in [9.17, 15) is 18.4 Å². The number of carbonyl (C=O) groups excluding carboxylic acids is 2. The number of nitrogens with one attached hydrogen (secondary N) is 2. The fraction of sp³-hybridized carbons (Fsp3) is 0.0588. The smallest absolute Gasteiger partial charge is 0.273 e. The third-order valence-corrected chi connectivity index (χ3v) is 3.40. The van der Waals surface area contributed by atoms with Gasteiger partial charge in [-0.2, -0.15) is 0 Å². The van der Waals surface area contributed by atoms with Crippen LogP contribution >= 0.6 is 0 Å². The Morgan fingerprint density at radius 3 is 2.58 bits per heavy atom. The van der Waals surface area contributed by atoms with Crippen molar-refractivity contribution < 1.29 is 18.4 Å². The topological polar surface area (TPSA) is 61.4 Å². The van der Waals surface area contributed by atoms with Crippen molar-refractivity contribution in [1.82, 2.24) is 5.43 Å². The van der Waals surface area contributed by atoms with Gasteiger partial charge in [-0.1, -0.05) is 18.2 Å². The first-order chi connectivity index (χ1) is 11.5. The molecule has 0 radical (unpaired) electrons.